The molecule has 0 saturated carbocycles. The molecule has 8 heteroatoms. The fourth-order valence-corrected chi connectivity index (χ4v) is 4.01. The van der Waals surface area contributed by atoms with Gasteiger partial charge >= 0.3 is 0 Å². The van der Waals surface area contributed by atoms with Gasteiger partial charge in [-0.2, -0.15) is 8.78 Å². The zero-order valence-electron chi connectivity index (χ0n) is 18.0. The Morgan fingerprint density at radius 3 is 2.44 bits per heavy atom. The van der Waals surface area contributed by atoms with Crippen molar-refractivity contribution in [1.82, 2.24) is 14.5 Å². The molecule has 0 atom stereocenters. The van der Waals surface area contributed by atoms with Gasteiger partial charge in [0.25, 0.3) is 9.49 Å². The number of alkyl halides is 3. The van der Waals surface area contributed by atoms with E-state index in [-0.39, 0.29) is 24.8 Å². The third kappa shape index (κ3) is 7.35. The van der Waals surface area contributed by atoms with Crippen molar-refractivity contribution in [1.29, 1.82) is 0 Å². The molecule has 0 aliphatic heterocycles. The van der Waals surface area contributed by atoms with Gasteiger partial charge in [0, 0.05) is 36.0 Å². The number of benzene rings is 2. The summed E-state index contributed by atoms with van der Waals surface area (Å²) in [5.41, 5.74) is 3.16. The minimum absolute atomic E-state index is 0.209. The molecular weight excluding hydrogens is 547 g/mol. The van der Waals surface area contributed by atoms with E-state index in [1.54, 1.807) is 28.8 Å². The predicted molar refractivity (Wildman–Crippen MR) is 134 cm³/mol. The lowest BCUT2D eigenvalue weighted by atomic mass is 10.1. The van der Waals surface area contributed by atoms with E-state index in [0.29, 0.717) is 23.1 Å². The van der Waals surface area contributed by atoms with Gasteiger partial charge in [0.1, 0.15) is 5.82 Å². The summed E-state index contributed by atoms with van der Waals surface area (Å²) in [4.78, 5) is 19.8. The van der Waals surface area contributed by atoms with Crippen molar-refractivity contribution >= 4 is 34.2 Å². The average molecular weight is 572 g/mol. The first-order valence-corrected chi connectivity index (χ1v) is 11.7. The molecule has 4 nitrogen and oxygen atoms in total. The SMILES string of the molecule is CN(C)Cc1cccc(Cn2c(CCCC(F)(F)I)nc(-c3ccc(Cl)cc3)cc2=O)c1. The first-order chi connectivity index (χ1) is 15.1. The second kappa shape index (κ2) is 10.9. The van der Waals surface area contributed by atoms with Crippen molar-refractivity contribution in [3.8, 4) is 11.3 Å². The molecule has 170 valence electrons. The molecule has 0 saturated heterocycles. The Labute approximate surface area is 205 Å². The molecule has 0 fully saturated rings. The highest BCUT2D eigenvalue weighted by molar-refractivity contribution is 14.1. The van der Waals surface area contributed by atoms with Gasteiger partial charge in [-0.25, -0.2) is 4.98 Å². The van der Waals surface area contributed by atoms with E-state index in [0.717, 1.165) is 45.8 Å². The van der Waals surface area contributed by atoms with Crippen molar-refractivity contribution in [2.75, 3.05) is 14.1 Å². The first kappa shape index (κ1) is 24.8. The Kier molecular flexibility index (Phi) is 8.41. The topological polar surface area (TPSA) is 38.1 Å². The minimum Gasteiger partial charge on any atom is -0.305 e. The molecular formula is C24H25ClF2IN3O. The molecule has 3 aromatic rings. The molecule has 2 aromatic carbocycles. The molecule has 0 aliphatic carbocycles. The normalized spacial score (nSPS) is 11.8. The molecule has 0 radical (unpaired) electrons. The van der Waals surface area contributed by atoms with Gasteiger partial charge in [-0.05, 0) is 66.4 Å². The molecule has 0 N–H and O–H groups in total. The van der Waals surface area contributed by atoms with Crippen molar-refractivity contribution in [3.05, 3.63) is 86.9 Å². The summed E-state index contributed by atoms with van der Waals surface area (Å²) in [6.07, 6.45) is 0.243. The van der Waals surface area contributed by atoms with E-state index in [4.69, 9.17) is 11.6 Å². The van der Waals surface area contributed by atoms with Gasteiger partial charge in [-0.1, -0.05) is 48.0 Å². The van der Waals surface area contributed by atoms with Gasteiger partial charge in [0.05, 0.1) is 12.2 Å². The average Bonchev–Trinajstić information content (AvgIpc) is 2.69. The number of hydrogen-bond acceptors (Lipinski definition) is 3. The molecule has 0 bridgehead atoms. The van der Waals surface area contributed by atoms with Crippen molar-refractivity contribution < 1.29 is 8.78 Å². The Morgan fingerprint density at radius 2 is 1.78 bits per heavy atom. The Bertz CT molecular complexity index is 1110. The molecule has 0 aliphatic rings. The molecule has 1 heterocycles. The highest BCUT2D eigenvalue weighted by Gasteiger charge is 2.23. The third-order valence-electron chi connectivity index (χ3n) is 4.92. The van der Waals surface area contributed by atoms with Crippen LogP contribution in [0.1, 0.15) is 29.8 Å². The number of aromatic nitrogens is 2. The van der Waals surface area contributed by atoms with Crippen molar-refractivity contribution in [3.63, 3.8) is 0 Å². The van der Waals surface area contributed by atoms with Crippen LogP contribution in [0.3, 0.4) is 0 Å². The van der Waals surface area contributed by atoms with Crippen LogP contribution >= 0.6 is 34.2 Å². The number of aryl methyl sites for hydroxylation is 1. The van der Waals surface area contributed by atoms with Gasteiger partial charge in [0.2, 0.25) is 0 Å². The highest BCUT2D eigenvalue weighted by atomic mass is 127. The summed E-state index contributed by atoms with van der Waals surface area (Å²) in [6.45, 7) is 1.12. The standard InChI is InChI=1S/C24H25ClF2IN3O/c1-30(2)15-17-5-3-6-18(13-17)16-31-22(7-4-12-24(26,27)28)29-21(14-23(31)32)19-8-10-20(25)11-9-19/h3,5-6,8-11,13-14H,4,7,12,15-16H2,1-2H3. The van der Waals surface area contributed by atoms with Crippen LogP contribution in [0.4, 0.5) is 8.78 Å². The zero-order valence-corrected chi connectivity index (χ0v) is 20.9. The van der Waals surface area contributed by atoms with E-state index in [2.05, 4.69) is 16.0 Å². The molecule has 0 amide bonds. The van der Waals surface area contributed by atoms with Crippen LogP contribution in [-0.2, 0) is 19.5 Å². The number of rotatable bonds is 9. The summed E-state index contributed by atoms with van der Waals surface area (Å²) in [7, 11) is 4.00. The third-order valence-corrected chi connectivity index (χ3v) is 5.71. The van der Waals surface area contributed by atoms with Crippen LogP contribution < -0.4 is 5.56 Å². The van der Waals surface area contributed by atoms with Crippen LogP contribution in [-0.4, -0.2) is 32.5 Å². The largest absolute Gasteiger partial charge is 0.305 e. The summed E-state index contributed by atoms with van der Waals surface area (Å²) in [5, 5.41) is 0.587. The second-order valence-corrected chi connectivity index (χ2v) is 10.0. The van der Waals surface area contributed by atoms with E-state index in [1.165, 1.54) is 6.07 Å². The molecule has 0 spiro atoms. The van der Waals surface area contributed by atoms with E-state index >= 15 is 0 Å². The molecule has 0 unspecified atom stereocenters. The van der Waals surface area contributed by atoms with Crippen molar-refractivity contribution in [2.45, 2.75) is 36.3 Å². The Morgan fingerprint density at radius 1 is 1.09 bits per heavy atom. The monoisotopic (exact) mass is 571 g/mol. The summed E-state index contributed by atoms with van der Waals surface area (Å²) in [5.74, 6) is 0.501. The van der Waals surface area contributed by atoms with Crippen molar-refractivity contribution in [2.24, 2.45) is 0 Å². The maximum Gasteiger partial charge on any atom is 0.296 e. The maximum atomic E-state index is 13.4. The lowest BCUT2D eigenvalue weighted by Gasteiger charge is -2.16. The molecule has 3 rings (SSSR count). The van der Waals surface area contributed by atoms with Gasteiger partial charge < -0.3 is 4.90 Å². The van der Waals surface area contributed by atoms with Crippen LogP contribution in [0.15, 0.2) is 59.4 Å². The number of halogens is 4. The van der Waals surface area contributed by atoms with E-state index in [9.17, 15) is 13.6 Å². The zero-order chi connectivity index (χ0) is 23.3. The van der Waals surface area contributed by atoms with E-state index in [1.807, 2.05) is 32.3 Å². The Hall–Kier alpha value is -1.84. The number of nitrogens with zero attached hydrogens (tertiary/aromatic N) is 3. The van der Waals surface area contributed by atoms with Crippen LogP contribution in [0.5, 0.6) is 0 Å². The Balaban J connectivity index is 1.96. The van der Waals surface area contributed by atoms with Gasteiger partial charge in [-0.3, -0.25) is 9.36 Å². The van der Waals surface area contributed by atoms with E-state index < -0.39 is 3.93 Å². The van der Waals surface area contributed by atoms with Crippen LogP contribution in [0.2, 0.25) is 5.02 Å². The predicted octanol–water partition coefficient (Wildman–Crippen LogP) is 6.02. The highest BCUT2D eigenvalue weighted by Crippen LogP contribution is 2.29. The maximum absolute atomic E-state index is 13.4. The first-order valence-electron chi connectivity index (χ1n) is 10.3. The minimum atomic E-state index is -2.78. The summed E-state index contributed by atoms with van der Waals surface area (Å²) >= 11 is 7.12. The number of hydrogen-bond donors (Lipinski definition) is 0. The summed E-state index contributed by atoms with van der Waals surface area (Å²) in [6, 6.07) is 16.6. The molecule has 32 heavy (non-hydrogen) atoms. The smallest absolute Gasteiger partial charge is 0.296 e. The van der Waals surface area contributed by atoms with Crippen LogP contribution in [0, 0.1) is 0 Å². The fourth-order valence-electron chi connectivity index (χ4n) is 3.50. The lowest BCUT2D eigenvalue weighted by Crippen LogP contribution is -2.26. The van der Waals surface area contributed by atoms with Crippen LogP contribution in [0.25, 0.3) is 11.3 Å². The molecule has 1 aromatic heterocycles. The second-order valence-electron chi connectivity index (χ2n) is 8.02. The van der Waals surface area contributed by atoms with Gasteiger partial charge in [0.15, 0.2) is 0 Å². The summed E-state index contributed by atoms with van der Waals surface area (Å²) < 4.78 is 25.5. The lowest BCUT2D eigenvalue weighted by molar-refractivity contribution is 0.114. The van der Waals surface area contributed by atoms with Gasteiger partial charge in [-0.15, -0.1) is 0 Å². The quantitative estimate of drug-likeness (QED) is 0.233. The fraction of sp³-hybridized carbons (Fsp3) is 0.333.